The van der Waals surface area contributed by atoms with Gasteiger partial charge in [0.25, 0.3) is 5.91 Å². The first-order chi connectivity index (χ1) is 18.8. The number of fused-ring (bicyclic) bond motifs is 1. The molecule has 3 heterocycles. The van der Waals surface area contributed by atoms with Crippen LogP contribution in [0, 0.1) is 5.92 Å². The van der Waals surface area contributed by atoms with Crippen molar-refractivity contribution in [2.45, 2.75) is 45.2 Å². The molecule has 0 saturated carbocycles. The summed E-state index contributed by atoms with van der Waals surface area (Å²) < 4.78 is 11.3. The second-order valence-corrected chi connectivity index (χ2v) is 11.2. The Morgan fingerprint density at radius 1 is 1.18 bits per heavy atom. The highest BCUT2D eigenvalue weighted by molar-refractivity contribution is 6.32. The molecule has 2 aromatic carbocycles. The molecule has 1 saturated heterocycles. The molecule has 0 atom stereocenters. The van der Waals surface area contributed by atoms with Gasteiger partial charge in [-0.2, -0.15) is 0 Å². The summed E-state index contributed by atoms with van der Waals surface area (Å²) >= 11 is 6.48. The number of aromatic nitrogens is 2. The number of nitrogens with one attached hydrogen (secondary N) is 1. The fraction of sp³-hybridized carbons (Fsp3) is 0.400. The molecule has 39 heavy (non-hydrogen) atoms. The van der Waals surface area contributed by atoms with Crippen LogP contribution in [0.4, 0.5) is 0 Å². The number of halogens is 1. The third-order valence-electron chi connectivity index (χ3n) is 7.02. The van der Waals surface area contributed by atoms with Crippen LogP contribution in [-0.2, 0) is 22.5 Å². The number of nitrogens with zero attached hydrogens (tertiary/aromatic N) is 3. The highest BCUT2D eigenvalue weighted by Gasteiger charge is 2.31. The van der Waals surface area contributed by atoms with Crippen LogP contribution < -0.4 is 10.1 Å². The van der Waals surface area contributed by atoms with Gasteiger partial charge in [0, 0.05) is 43.5 Å². The van der Waals surface area contributed by atoms with Gasteiger partial charge in [-0.15, -0.1) is 0 Å². The first-order valence-corrected chi connectivity index (χ1v) is 13.7. The summed E-state index contributed by atoms with van der Waals surface area (Å²) in [7, 11) is 0. The Labute approximate surface area is 233 Å². The summed E-state index contributed by atoms with van der Waals surface area (Å²) in [6.07, 6.45) is 4.39. The van der Waals surface area contributed by atoms with E-state index in [1.165, 1.54) is 0 Å². The third kappa shape index (κ3) is 6.75. The average Bonchev–Trinajstić information content (AvgIpc) is 3.23. The summed E-state index contributed by atoms with van der Waals surface area (Å²) in [5.41, 5.74) is 2.19. The number of carbonyl (C=O) groups excluding carboxylic acids is 2. The van der Waals surface area contributed by atoms with Gasteiger partial charge in [-0.25, -0.2) is 9.97 Å². The van der Waals surface area contributed by atoms with Crippen molar-refractivity contribution in [2.75, 3.05) is 26.4 Å². The van der Waals surface area contributed by atoms with Crippen molar-refractivity contribution in [1.29, 1.82) is 0 Å². The van der Waals surface area contributed by atoms with Crippen molar-refractivity contribution in [1.82, 2.24) is 20.2 Å². The van der Waals surface area contributed by atoms with Gasteiger partial charge in [0.05, 0.1) is 16.3 Å². The fourth-order valence-electron chi connectivity index (χ4n) is 4.96. The molecule has 1 fully saturated rings. The first-order valence-electron chi connectivity index (χ1n) is 13.3. The van der Waals surface area contributed by atoms with Crippen LogP contribution in [0.5, 0.6) is 5.75 Å². The smallest absolute Gasteiger partial charge is 0.254 e. The maximum Gasteiger partial charge on any atom is 0.254 e. The highest BCUT2D eigenvalue weighted by Crippen LogP contribution is 2.31. The normalized spacial score (nSPS) is 15.8. The molecule has 9 heteroatoms. The van der Waals surface area contributed by atoms with E-state index in [1.54, 1.807) is 11.1 Å². The molecule has 0 spiro atoms. The molecule has 2 aliphatic heterocycles. The fourth-order valence-corrected chi connectivity index (χ4v) is 5.16. The summed E-state index contributed by atoms with van der Waals surface area (Å²) in [5, 5.41) is 3.42. The SMILES string of the molecule is CC(C)(COc1ccccc1)NC(=O)CN1Cc2ccc(-c3nc(CC4CCOCC4)ncc3Cl)cc2C1=O. The zero-order chi connectivity index (χ0) is 27.4. The van der Waals surface area contributed by atoms with Gasteiger partial charge in [-0.1, -0.05) is 41.9 Å². The largest absolute Gasteiger partial charge is 0.491 e. The Bertz CT molecular complexity index is 1340. The maximum absolute atomic E-state index is 13.3. The topological polar surface area (TPSA) is 93.7 Å². The molecule has 0 bridgehead atoms. The minimum Gasteiger partial charge on any atom is -0.491 e. The number of amides is 2. The predicted octanol–water partition coefficient (Wildman–Crippen LogP) is 4.70. The van der Waals surface area contributed by atoms with Crippen LogP contribution in [0.1, 0.15) is 48.4 Å². The second kappa shape index (κ2) is 11.7. The predicted molar refractivity (Wildman–Crippen MR) is 149 cm³/mol. The molecule has 0 unspecified atom stereocenters. The lowest BCUT2D eigenvalue weighted by Crippen LogP contribution is -2.51. The molecule has 5 rings (SSSR count). The Morgan fingerprint density at radius 3 is 2.72 bits per heavy atom. The number of ether oxygens (including phenoxy) is 2. The van der Waals surface area contributed by atoms with E-state index < -0.39 is 5.54 Å². The van der Waals surface area contributed by atoms with E-state index in [1.807, 2.05) is 62.4 Å². The van der Waals surface area contributed by atoms with Crippen molar-refractivity contribution >= 4 is 23.4 Å². The Kier molecular flexibility index (Phi) is 8.14. The van der Waals surface area contributed by atoms with E-state index in [0.717, 1.165) is 55.2 Å². The molecule has 204 valence electrons. The van der Waals surface area contributed by atoms with E-state index in [4.69, 9.17) is 26.1 Å². The molecule has 2 amide bonds. The lowest BCUT2D eigenvalue weighted by molar-refractivity contribution is -0.123. The Morgan fingerprint density at radius 2 is 1.95 bits per heavy atom. The second-order valence-electron chi connectivity index (χ2n) is 10.8. The Hall–Kier alpha value is -3.49. The zero-order valence-electron chi connectivity index (χ0n) is 22.3. The summed E-state index contributed by atoms with van der Waals surface area (Å²) in [4.78, 5) is 36.8. The summed E-state index contributed by atoms with van der Waals surface area (Å²) in [6, 6.07) is 15.1. The average molecular weight is 549 g/mol. The molecule has 1 N–H and O–H groups in total. The van der Waals surface area contributed by atoms with Crippen molar-refractivity contribution in [2.24, 2.45) is 5.92 Å². The number of hydrogen-bond donors (Lipinski definition) is 1. The van der Waals surface area contributed by atoms with E-state index in [2.05, 4.69) is 10.3 Å². The maximum atomic E-state index is 13.3. The minimum absolute atomic E-state index is 0.0405. The molecular weight excluding hydrogens is 516 g/mol. The van der Waals surface area contributed by atoms with Crippen LogP contribution in [0.15, 0.2) is 54.7 Å². The quantitative estimate of drug-likeness (QED) is 0.417. The number of benzene rings is 2. The number of carbonyl (C=O) groups is 2. The van der Waals surface area contributed by atoms with Gasteiger partial charge in [-0.05, 0) is 56.4 Å². The zero-order valence-corrected chi connectivity index (χ0v) is 23.0. The first kappa shape index (κ1) is 27.1. The van der Waals surface area contributed by atoms with Crippen LogP contribution in [0.2, 0.25) is 5.02 Å². The molecular formula is C30H33ClN4O4. The van der Waals surface area contributed by atoms with Crippen molar-refractivity contribution in [3.05, 3.63) is 76.7 Å². The van der Waals surface area contributed by atoms with Crippen LogP contribution >= 0.6 is 11.6 Å². The van der Waals surface area contributed by atoms with Crippen LogP contribution in [0.25, 0.3) is 11.3 Å². The monoisotopic (exact) mass is 548 g/mol. The molecule has 2 aliphatic rings. The van der Waals surface area contributed by atoms with Gasteiger partial charge in [0.1, 0.15) is 24.7 Å². The van der Waals surface area contributed by atoms with Gasteiger partial charge < -0.3 is 19.7 Å². The van der Waals surface area contributed by atoms with E-state index in [0.29, 0.717) is 35.3 Å². The lowest BCUT2D eigenvalue weighted by Gasteiger charge is -2.27. The van der Waals surface area contributed by atoms with Crippen molar-refractivity contribution in [3.8, 4) is 17.0 Å². The van der Waals surface area contributed by atoms with Crippen molar-refractivity contribution < 1.29 is 19.1 Å². The molecule has 8 nitrogen and oxygen atoms in total. The van der Waals surface area contributed by atoms with Gasteiger partial charge >= 0.3 is 0 Å². The van der Waals surface area contributed by atoms with Gasteiger partial charge in [-0.3, -0.25) is 9.59 Å². The summed E-state index contributed by atoms with van der Waals surface area (Å²) in [6.45, 7) is 5.95. The van der Waals surface area contributed by atoms with E-state index in [-0.39, 0.29) is 18.4 Å². The van der Waals surface area contributed by atoms with E-state index >= 15 is 0 Å². The lowest BCUT2D eigenvalue weighted by atomic mass is 9.96. The van der Waals surface area contributed by atoms with E-state index in [9.17, 15) is 9.59 Å². The molecule has 3 aromatic rings. The standard InChI is InChI=1S/C30H33ClN4O4/c1-30(2,19-39-23-6-4-3-5-7-23)34-27(36)18-35-17-22-9-8-21(15-24(22)29(35)37)28-25(31)16-32-26(33-28)14-20-10-12-38-13-11-20/h3-9,15-16,20H,10-14,17-19H2,1-2H3,(H,34,36). The number of para-hydroxylation sites is 1. The Balaban J connectivity index is 1.22. The molecule has 0 aliphatic carbocycles. The molecule has 1 aromatic heterocycles. The number of rotatable bonds is 9. The third-order valence-corrected chi connectivity index (χ3v) is 7.30. The number of hydrogen-bond acceptors (Lipinski definition) is 6. The molecule has 0 radical (unpaired) electrons. The van der Waals surface area contributed by atoms with Crippen molar-refractivity contribution in [3.63, 3.8) is 0 Å². The van der Waals surface area contributed by atoms with Gasteiger partial charge in [0.15, 0.2) is 0 Å². The van der Waals surface area contributed by atoms with Crippen LogP contribution in [0.3, 0.4) is 0 Å². The highest BCUT2D eigenvalue weighted by atomic mass is 35.5. The minimum atomic E-state index is -0.609. The van der Waals surface area contributed by atoms with Crippen LogP contribution in [-0.4, -0.2) is 58.6 Å². The summed E-state index contributed by atoms with van der Waals surface area (Å²) in [5.74, 6) is 1.54. The van der Waals surface area contributed by atoms with Gasteiger partial charge in [0.2, 0.25) is 5.91 Å².